The molecule has 84 valence electrons. The SMILES string of the molecule is COC1(c2n[nH]c(CN)n2)CCCCC1. The highest BCUT2D eigenvalue weighted by Crippen LogP contribution is 2.38. The Bertz CT molecular complexity index is 317. The molecule has 1 saturated carbocycles. The maximum atomic E-state index is 5.64. The van der Waals surface area contributed by atoms with Crippen LogP contribution in [0, 0.1) is 0 Å². The molecule has 1 fully saturated rings. The van der Waals surface area contributed by atoms with Gasteiger partial charge in [0.05, 0.1) is 6.54 Å². The van der Waals surface area contributed by atoms with Crippen molar-refractivity contribution < 1.29 is 4.74 Å². The molecule has 5 heteroatoms. The van der Waals surface area contributed by atoms with Gasteiger partial charge < -0.3 is 10.5 Å². The number of nitrogens with zero attached hydrogens (tertiary/aromatic N) is 2. The van der Waals surface area contributed by atoms with E-state index in [0.717, 1.165) is 24.5 Å². The van der Waals surface area contributed by atoms with Crippen LogP contribution < -0.4 is 5.73 Å². The van der Waals surface area contributed by atoms with E-state index in [9.17, 15) is 0 Å². The first-order valence-corrected chi connectivity index (χ1v) is 5.48. The zero-order chi connectivity index (χ0) is 10.7. The van der Waals surface area contributed by atoms with E-state index in [4.69, 9.17) is 10.5 Å². The van der Waals surface area contributed by atoms with Gasteiger partial charge in [-0.2, -0.15) is 5.10 Å². The maximum absolute atomic E-state index is 5.64. The van der Waals surface area contributed by atoms with Gasteiger partial charge in [0.15, 0.2) is 5.82 Å². The monoisotopic (exact) mass is 210 g/mol. The Morgan fingerprint density at radius 3 is 2.67 bits per heavy atom. The van der Waals surface area contributed by atoms with Crippen molar-refractivity contribution in [3.05, 3.63) is 11.6 Å². The Balaban J connectivity index is 2.24. The predicted octanol–water partition coefficient (Wildman–Crippen LogP) is 1.07. The first-order valence-electron chi connectivity index (χ1n) is 5.48. The van der Waals surface area contributed by atoms with Crippen molar-refractivity contribution >= 4 is 0 Å². The second-order valence-corrected chi connectivity index (χ2v) is 4.07. The van der Waals surface area contributed by atoms with E-state index in [-0.39, 0.29) is 5.60 Å². The molecule has 0 aromatic carbocycles. The number of aromatic nitrogens is 3. The molecule has 1 aromatic heterocycles. The standard InChI is InChI=1S/C10H18N4O/c1-15-10(5-3-2-4-6-10)9-12-8(7-11)13-14-9/h2-7,11H2,1H3,(H,12,13,14). The number of ether oxygens (including phenoxy) is 1. The van der Waals surface area contributed by atoms with Gasteiger partial charge in [-0.25, -0.2) is 4.98 Å². The fourth-order valence-corrected chi connectivity index (χ4v) is 2.23. The Morgan fingerprint density at radius 1 is 1.40 bits per heavy atom. The molecular formula is C10H18N4O. The van der Waals surface area contributed by atoms with Crippen LogP contribution in [-0.4, -0.2) is 22.3 Å². The lowest BCUT2D eigenvalue weighted by Crippen LogP contribution is -2.32. The topological polar surface area (TPSA) is 76.8 Å². The molecule has 1 heterocycles. The molecule has 0 amide bonds. The Kier molecular flexibility index (Phi) is 3.02. The Morgan fingerprint density at radius 2 is 2.13 bits per heavy atom. The summed E-state index contributed by atoms with van der Waals surface area (Å²) >= 11 is 0. The van der Waals surface area contributed by atoms with E-state index in [1.165, 1.54) is 19.3 Å². The second kappa shape index (κ2) is 4.28. The molecule has 1 aromatic rings. The minimum atomic E-state index is -0.276. The number of nitrogens with one attached hydrogen (secondary N) is 1. The minimum absolute atomic E-state index is 0.276. The normalized spacial score (nSPS) is 20.4. The molecule has 0 aliphatic heterocycles. The number of methoxy groups -OCH3 is 1. The van der Waals surface area contributed by atoms with Crippen molar-refractivity contribution in [3.63, 3.8) is 0 Å². The summed E-state index contributed by atoms with van der Waals surface area (Å²) in [6.07, 6.45) is 5.65. The van der Waals surface area contributed by atoms with Gasteiger partial charge in [-0.05, 0) is 12.8 Å². The van der Waals surface area contributed by atoms with Crippen LogP contribution in [0.1, 0.15) is 43.8 Å². The Labute approximate surface area is 89.4 Å². The van der Waals surface area contributed by atoms with E-state index in [1.54, 1.807) is 7.11 Å². The highest BCUT2D eigenvalue weighted by atomic mass is 16.5. The highest BCUT2D eigenvalue weighted by Gasteiger charge is 2.37. The van der Waals surface area contributed by atoms with Gasteiger partial charge in [0.2, 0.25) is 0 Å². The number of nitrogens with two attached hydrogens (primary N) is 1. The zero-order valence-electron chi connectivity index (χ0n) is 9.12. The first kappa shape index (κ1) is 10.6. The van der Waals surface area contributed by atoms with Crippen molar-refractivity contribution in [1.29, 1.82) is 0 Å². The summed E-state index contributed by atoms with van der Waals surface area (Å²) in [5.41, 5.74) is 5.23. The third-order valence-corrected chi connectivity index (χ3v) is 3.18. The van der Waals surface area contributed by atoms with E-state index < -0.39 is 0 Å². The summed E-state index contributed by atoms with van der Waals surface area (Å²) in [7, 11) is 1.74. The fourth-order valence-electron chi connectivity index (χ4n) is 2.23. The van der Waals surface area contributed by atoms with Crippen molar-refractivity contribution in [3.8, 4) is 0 Å². The second-order valence-electron chi connectivity index (χ2n) is 4.07. The molecule has 0 bridgehead atoms. The van der Waals surface area contributed by atoms with E-state index in [1.807, 2.05) is 0 Å². The van der Waals surface area contributed by atoms with Crippen LogP contribution in [-0.2, 0) is 16.9 Å². The molecule has 0 saturated heterocycles. The maximum Gasteiger partial charge on any atom is 0.182 e. The molecule has 2 rings (SSSR count). The van der Waals surface area contributed by atoms with E-state index in [0.29, 0.717) is 6.54 Å². The first-order chi connectivity index (χ1) is 7.30. The summed E-state index contributed by atoms with van der Waals surface area (Å²) in [4.78, 5) is 4.38. The smallest absolute Gasteiger partial charge is 0.182 e. The zero-order valence-corrected chi connectivity index (χ0v) is 9.12. The van der Waals surface area contributed by atoms with Crippen LogP contribution in [0.3, 0.4) is 0 Å². The van der Waals surface area contributed by atoms with Gasteiger partial charge >= 0.3 is 0 Å². The average Bonchev–Trinajstić information content (AvgIpc) is 2.79. The average molecular weight is 210 g/mol. The van der Waals surface area contributed by atoms with Gasteiger partial charge in [-0.3, -0.25) is 5.10 Å². The molecule has 1 aliphatic rings. The van der Waals surface area contributed by atoms with Gasteiger partial charge in [0.1, 0.15) is 11.4 Å². The summed E-state index contributed by atoms with van der Waals surface area (Å²) in [6.45, 7) is 0.396. The molecule has 5 nitrogen and oxygen atoms in total. The van der Waals surface area contributed by atoms with Crippen LogP contribution in [0.15, 0.2) is 0 Å². The molecule has 0 radical (unpaired) electrons. The van der Waals surface area contributed by atoms with Gasteiger partial charge in [-0.1, -0.05) is 19.3 Å². The summed E-state index contributed by atoms with van der Waals surface area (Å²) in [5, 5.41) is 7.06. The number of H-pyrrole nitrogens is 1. The quantitative estimate of drug-likeness (QED) is 0.782. The lowest BCUT2D eigenvalue weighted by Gasteiger charge is -2.33. The molecule has 1 aliphatic carbocycles. The summed E-state index contributed by atoms with van der Waals surface area (Å²) in [5.74, 6) is 1.50. The number of hydrogen-bond donors (Lipinski definition) is 2. The lowest BCUT2D eigenvalue weighted by atomic mass is 9.84. The molecule has 3 N–H and O–H groups in total. The Hall–Kier alpha value is -0.940. The van der Waals surface area contributed by atoms with Crippen LogP contribution in [0.5, 0.6) is 0 Å². The van der Waals surface area contributed by atoms with E-state index >= 15 is 0 Å². The summed E-state index contributed by atoms with van der Waals surface area (Å²) in [6, 6.07) is 0. The van der Waals surface area contributed by atoms with Crippen LogP contribution in [0.25, 0.3) is 0 Å². The van der Waals surface area contributed by atoms with Crippen molar-refractivity contribution in [2.75, 3.05) is 7.11 Å². The van der Waals surface area contributed by atoms with Crippen molar-refractivity contribution in [2.24, 2.45) is 5.73 Å². The minimum Gasteiger partial charge on any atom is -0.370 e. The highest BCUT2D eigenvalue weighted by molar-refractivity contribution is 5.04. The largest absolute Gasteiger partial charge is 0.370 e. The van der Waals surface area contributed by atoms with Gasteiger partial charge in [0, 0.05) is 7.11 Å². The summed E-state index contributed by atoms with van der Waals surface area (Å²) < 4.78 is 5.64. The van der Waals surface area contributed by atoms with Crippen molar-refractivity contribution in [1.82, 2.24) is 15.2 Å². The van der Waals surface area contributed by atoms with Gasteiger partial charge in [0.25, 0.3) is 0 Å². The third-order valence-electron chi connectivity index (χ3n) is 3.18. The van der Waals surface area contributed by atoms with Crippen LogP contribution in [0.2, 0.25) is 0 Å². The number of aromatic amines is 1. The third kappa shape index (κ3) is 1.89. The van der Waals surface area contributed by atoms with Gasteiger partial charge in [-0.15, -0.1) is 0 Å². The predicted molar refractivity (Wildman–Crippen MR) is 56.0 cm³/mol. The fraction of sp³-hybridized carbons (Fsp3) is 0.800. The molecule has 0 atom stereocenters. The molecule has 0 spiro atoms. The van der Waals surface area contributed by atoms with Crippen LogP contribution >= 0.6 is 0 Å². The molecular weight excluding hydrogens is 192 g/mol. The number of rotatable bonds is 3. The molecule has 15 heavy (non-hydrogen) atoms. The number of hydrogen-bond acceptors (Lipinski definition) is 4. The van der Waals surface area contributed by atoms with Crippen molar-refractivity contribution in [2.45, 2.75) is 44.2 Å². The lowest BCUT2D eigenvalue weighted by molar-refractivity contribution is -0.0512. The molecule has 0 unspecified atom stereocenters. The van der Waals surface area contributed by atoms with E-state index in [2.05, 4.69) is 15.2 Å². The van der Waals surface area contributed by atoms with Crippen LogP contribution in [0.4, 0.5) is 0 Å².